The number of rotatable bonds is 5. The number of benzene rings is 1. The van der Waals surface area contributed by atoms with Crippen molar-refractivity contribution in [3.63, 3.8) is 0 Å². The van der Waals surface area contributed by atoms with Crippen LogP contribution in [0.2, 0.25) is 0 Å². The Morgan fingerprint density at radius 3 is 2.27 bits per heavy atom. The maximum absolute atomic E-state index is 13.2. The zero-order chi connectivity index (χ0) is 21.9. The summed E-state index contributed by atoms with van der Waals surface area (Å²) < 4.78 is 66.6. The van der Waals surface area contributed by atoms with Gasteiger partial charge < -0.3 is 9.80 Å². The number of anilines is 1. The van der Waals surface area contributed by atoms with E-state index in [0.29, 0.717) is 38.2 Å². The summed E-state index contributed by atoms with van der Waals surface area (Å²) in [5.41, 5.74) is -1.28. The van der Waals surface area contributed by atoms with E-state index in [-0.39, 0.29) is 0 Å². The van der Waals surface area contributed by atoms with Gasteiger partial charge in [0.2, 0.25) is 21.9 Å². The maximum atomic E-state index is 13.2. The fourth-order valence-corrected chi connectivity index (χ4v) is 4.56. The number of hydrogen-bond acceptors (Lipinski definition) is 6. The van der Waals surface area contributed by atoms with E-state index >= 15 is 0 Å². The first-order valence-corrected chi connectivity index (χ1v) is 10.6. The molecule has 1 amide bonds. The Morgan fingerprint density at radius 1 is 1.07 bits per heavy atom. The van der Waals surface area contributed by atoms with Gasteiger partial charge in [-0.3, -0.25) is 4.79 Å². The van der Waals surface area contributed by atoms with Crippen LogP contribution >= 0.6 is 0 Å². The summed E-state index contributed by atoms with van der Waals surface area (Å²) in [7, 11) is -4.56. The molecule has 2 aromatic rings. The third-order valence-electron chi connectivity index (χ3n) is 4.61. The van der Waals surface area contributed by atoms with Crippen LogP contribution in [-0.4, -0.2) is 61.4 Å². The number of halogens is 3. The zero-order valence-corrected chi connectivity index (χ0v) is 16.8. The standard InChI is InChI=1S/C18H20F3N5O3S/c1-13(24-30(28,29)15-6-3-2-5-14(15)18(19,20)21)16(27)25-9-11-26(12-10-25)17-22-7-4-8-23-17/h2-8,13,24H,9-12H2,1H3/t13-/m0/s1. The minimum atomic E-state index is -4.84. The molecule has 0 bridgehead atoms. The van der Waals surface area contributed by atoms with Gasteiger partial charge in [-0.1, -0.05) is 12.1 Å². The average Bonchev–Trinajstić information content (AvgIpc) is 2.73. The zero-order valence-electron chi connectivity index (χ0n) is 16.0. The van der Waals surface area contributed by atoms with Gasteiger partial charge in [0.25, 0.3) is 0 Å². The van der Waals surface area contributed by atoms with Gasteiger partial charge in [0.1, 0.15) is 0 Å². The molecule has 1 N–H and O–H groups in total. The van der Waals surface area contributed by atoms with Gasteiger partial charge >= 0.3 is 6.18 Å². The summed E-state index contributed by atoms with van der Waals surface area (Å²) in [4.78, 5) is 23.4. The summed E-state index contributed by atoms with van der Waals surface area (Å²) in [6.45, 7) is 2.83. The van der Waals surface area contributed by atoms with Crippen molar-refractivity contribution in [2.45, 2.75) is 24.0 Å². The third kappa shape index (κ3) is 4.87. The predicted octanol–water partition coefficient (Wildman–Crippen LogP) is 1.51. The molecule has 0 saturated carbocycles. The van der Waals surface area contributed by atoms with Crippen molar-refractivity contribution in [1.82, 2.24) is 19.6 Å². The van der Waals surface area contributed by atoms with Crippen LogP contribution in [-0.2, 0) is 21.0 Å². The summed E-state index contributed by atoms with van der Waals surface area (Å²) >= 11 is 0. The van der Waals surface area contributed by atoms with Crippen molar-refractivity contribution >= 4 is 21.9 Å². The first kappa shape index (κ1) is 22.0. The lowest BCUT2D eigenvalue weighted by Gasteiger charge is -2.35. The normalized spacial score (nSPS) is 16.4. The van der Waals surface area contributed by atoms with Crippen LogP contribution < -0.4 is 9.62 Å². The number of carbonyl (C=O) groups is 1. The highest BCUT2D eigenvalue weighted by Gasteiger charge is 2.38. The molecule has 0 unspecified atom stereocenters. The Labute approximate surface area is 171 Å². The molecular formula is C18H20F3N5O3S. The highest BCUT2D eigenvalue weighted by molar-refractivity contribution is 7.89. The van der Waals surface area contributed by atoms with E-state index in [9.17, 15) is 26.4 Å². The minimum absolute atomic E-state index is 0.308. The van der Waals surface area contributed by atoms with Gasteiger partial charge in [-0.15, -0.1) is 0 Å². The van der Waals surface area contributed by atoms with E-state index in [1.54, 1.807) is 18.5 Å². The second-order valence-corrected chi connectivity index (χ2v) is 8.38. The lowest BCUT2D eigenvalue weighted by Crippen LogP contribution is -2.54. The number of sulfonamides is 1. The number of nitrogens with zero attached hydrogens (tertiary/aromatic N) is 4. The molecular weight excluding hydrogens is 423 g/mol. The van der Waals surface area contributed by atoms with Crippen molar-refractivity contribution in [3.05, 3.63) is 48.3 Å². The van der Waals surface area contributed by atoms with Gasteiger partial charge in [0.05, 0.1) is 16.5 Å². The van der Waals surface area contributed by atoms with Crippen LogP contribution in [0.5, 0.6) is 0 Å². The second kappa shape index (κ2) is 8.56. The lowest BCUT2D eigenvalue weighted by atomic mass is 10.2. The van der Waals surface area contributed by atoms with Crippen molar-refractivity contribution in [2.24, 2.45) is 0 Å². The van der Waals surface area contributed by atoms with E-state index in [0.717, 1.165) is 12.1 Å². The summed E-state index contributed by atoms with van der Waals surface area (Å²) in [5.74, 6) is 0.0128. The molecule has 8 nitrogen and oxygen atoms in total. The molecule has 162 valence electrons. The first-order valence-electron chi connectivity index (χ1n) is 9.09. The van der Waals surface area contributed by atoms with Gasteiger partial charge in [0.15, 0.2) is 0 Å². The highest BCUT2D eigenvalue weighted by atomic mass is 32.2. The smallest absolute Gasteiger partial charge is 0.338 e. The number of carbonyl (C=O) groups excluding carboxylic acids is 1. The molecule has 1 saturated heterocycles. The molecule has 1 fully saturated rings. The van der Waals surface area contributed by atoms with Crippen molar-refractivity contribution in [2.75, 3.05) is 31.1 Å². The SMILES string of the molecule is C[C@H](NS(=O)(=O)c1ccccc1C(F)(F)F)C(=O)N1CCN(c2ncccn2)CC1. The predicted molar refractivity (Wildman–Crippen MR) is 102 cm³/mol. The topological polar surface area (TPSA) is 95.5 Å². The quantitative estimate of drug-likeness (QED) is 0.753. The lowest BCUT2D eigenvalue weighted by molar-refractivity contribution is -0.139. The molecule has 3 rings (SSSR count). The summed E-state index contributed by atoms with van der Waals surface area (Å²) in [5, 5.41) is 0. The molecule has 1 aliphatic heterocycles. The third-order valence-corrected chi connectivity index (χ3v) is 6.21. The fraction of sp³-hybridized carbons (Fsp3) is 0.389. The second-order valence-electron chi connectivity index (χ2n) is 6.70. The number of amides is 1. The number of hydrogen-bond donors (Lipinski definition) is 1. The van der Waals surface area contributed by atoms with Crippen molar-refractivity contribution < 1.29 is 26.4 Å². The Kier molecular flexibility index (Phi) is 6.27. The number of piperazine rings is 1. The van der Waals surface area contributed by atoms with Gasteiger partial charge in [-0.05, 0) is 25.1 Å². The Hall–Kier alpha value is -2.73. The highest BCUT2D eigenvalue weighted by Crippen LogP contribution is 2.33. The molecule has 0 aliphatic carbocycles. The van der Waals surface area contributed by atoms with Crippen molar-refractivity contribution in [1.29, 1.82) is 0 Å². The monoisotopic (exact) mass is 443 g/mol. The molecule has 0 radical (unpaired) electrons. The number of aromatic nitrogens is 2. The summed E-state index contributed by atoms with van der Waals surface area (Å²) in [6, 6.07) is 4.31. The minimum Gasteiger partial charge on any atom is -0.338 e. The average molecular weight is 443 g/mol. The molecule has 1 aromatic carbocycles. The summed E-state index contributed by atoms with van der Waals surface area (Å²) in [6.07, 6.45) is -1.63. The van der Waals surface area contributed by atoms with E-state index in [2.05, 4.69) is 14.7 Å². The van der Waals surface area contributed by atoms with Gasteiger partial charge in [-0.2, -0.15) is 17.9 Å². The van der Waals surface area contributed by atoms with Crippen LogP contribution in [0, 0.1) is 0 Å². The number of nitrogens with one attached hydrogen (secondary N) is 1. The van der Waals surface area contributed by atoms with E-state index in [4.69, 9.17) is 0 Å². The molecule has 0 spiro atoms. The van der Waals surface area contributed by atoms with Crippen molar-refractivity contribution in [3.8, 4) is 0 Å². The molecule has 1 aliphatic rings. The van der Waals surface area contributed by atoms with Crippen LogP contribution in [0.1, 0.15) is 12.5 Å². The largest absolute Gasteiger partial charge is 0.417 e. The Balaban J connectivity index is 1.66. The van der Waals surface area contributed by atoms with Gasteiger partial charge in [0, 0.05) is 38.6 Å². The van der Waals surface area contributed by atoms with Gasteiger partial charge in [-0.25, -0.2) is 18.4 Å². The maximum Gasteiger partial charge on any atom is 0.417 e. The molecule has 12 heteroatoms. The molecule has 30 heavy (non-hydrogen) atoms. The van der Waals surface area contributed by atoms with Crippen LogP contribution in [0.3, 0.4) is 0 Å². The first-order chi connectivity index (χ1) is 14.1. The van der Waals surface area contributed by atoms with Crippen LogP contribution in [0.15, 0.2) is 47.6 Å². The number of alkyl halides is 3. The molecule has 2 heterocycles. The van der Waals surface area contributed by atoms with Crippen LogP contribution in [0.4, 0.5) is 19.1 Å². The van der Waals surface area contributed by atoms with E-state index < -0.39 is 38.6 Å². The van der Waals surface area contributed by atoms with Crippen LogP contribution in [0.25, 0.3) is 0 Å². The molecule has 1 atom stereocenters. The molecule has 1 aromatic heterocycles. The Bertz CT molecular complexity index is 994. The van der Waals surface area contributed by atoms with E-state index in [1.165, 1.54) is 17.9 Å². The fourth-order valence-electron chi connectivity index (χ4n) is 3.14. The Morgan fingerprint density at radius 2 is 1.67 bits per heavy atom. The van der Waals surface area contributed by atoms with E-state index in [1.807, 2.05) is 4.90 Å².